The number of methoxy groups -OCH3 is 1. The molecule has 0 aromatic heterocycles. The molecule has 0 fully saturated rings. The predicted molar refractivity (Wildman–Crippen MR) is 74.2 cm³/mol. The molecule has 1 aromatic carbocycles. The van der Waals surface area contributed by atoms with Gasteiger partial charge in [0.1, 0.15) is 0 Å². The van der Waals surface area contributed by atoms with Gasteiger partial charge in [-0.3, -0.25) is 4.79 Å². The Morgan fingerprint density at radius 2 is 2.05 bits per heavy atom. The molecular formula is C14H20N2O3. The third kappa shape index (κ3) is 5.42. The van der Waals surface area contributed by atoms with E-state index in [0.29, 0.717) is 18.5 Å². The molecule has 1 aromatic rings. The summed E-state index contributed by atoms with van der Waals surface area (Å²) in [6, 6.07) is 7.14. The molecule has 0 bridgehead atoms. The van der Waals surface area contributed by atoms with E-state index in [1.54, 1.807) is 18.2 Å². The minimum atomic E-state index is -0.374. The summed E-state index contributed by atoms with van der Waals surface area (Å²) < 4.78 is 4.65. The molecule has 2 N–H and O–H groups in total. The molecule has 0 unspecified atom stereocenters. The van der Waals surface area contributed by atoms with Crippen molar-refractivity contribution in [1.29, 1.82) is 0 Å². The highest BCUT2D eigenvalue weighted by Gasteiger charge is 2.06. The lowest BCUT2D eigenvalue weighted by atomic mass is 10.2. The minimum Gasteiger partial charge on any atom is -0.465 e. The lowest BCUT2D eigenvalue weighted by Gasteiger charge is -2.10. The largest absolute Gasteiger partial charge is 0.465 e. The van der Waals surface area contributed by atoms with Gasteiger partial charge in [0.05, 0.1) is 12.7 Å². The summed E-state index contributed by atoms with van der Waals surface area (Å²) in [5.41, 5.74) is 1.28. The summed E-state index contributed by atoms with van der Waals surface area (Å²) in [7, 11) is 1.35. The zero-order valence-corrected chi connectivity index (χ0v) is 11.5. The number of rotatable bonds is 6. The van der Waals surface area contributed by atoms with Crippen LogP contribution < -0.4 is 10.6 Å². The van der Waals surface area contributed by atoms with Crippen molar-refractivity contribution < 1.29 is 14.3 Å². The van der Waals surface area contributed by atoms with Crippen molar-refractivity contribution in [3.05, 3.63) is 29.8 Å². The van der Waals surface area contributed by atoms with E-state index in [0.717, 1.165) is 5.69 Å². The van der Waals surface area contributed by atoms with Gasteiger partial charge in [-0.05, 0) is 32.0 Å². The molecule has 0 spiro atoms. The van der Waals surface area contributed by atoms with Gasteiger partial charge in [0.25, 0.3) is 0 Å². The Bertz CT molecular complexity index is 444. The van der Waals surface area contributed by atoms with Crippen molar-refractivity contribution in [2.75, 3.05) is 19.0 Å². The Balaban J connectivity index is 2.45. The first-order valence-electron chi connectivity index (χ1n) is 6.24. The summed E-state index contributed by atoms with van der Waals surface area (Å²) in [4.78, 5) is 22.8. The van der Waals surface area contributed by atoms with Gasteiger partial charge in [0.2, 0.25) is 5.91 Å². The second-order valence-electron chi connectivity index (χ2n) is 4.47. The molecule has 5 heteroatoms. The van der Waals surface area contributed by atoms with E-state index < -0.39 is 0 Å². The fraction of sp³-hybridized carbons (Fsp3) is 0.429. The average Bonchev–Trinajstić information content (AvgIpc) is 2.37. The Morgan fingerprint density at radius 1 is 1.32 bits per heavy atom. The third-order valence-corrected chi connectivity index (χ3v) is 2.41. The second-order valence-corrected chi connectivity index (χ2v) is 4.47. The molecule has 0 aliphatic heterocycles. The fourth-order valence-electron chi connectivity index (χ4n) is 1.59. The van der Waals surface area contributed by atoms with Crippen LogP contribution in [-0.2, 0) is 9.53 Å². The number of carbonyl (C=O) groups excluding carboxylic acids is 2. The van der Waals surface area contributed by atoms with Crippen molar-refractivity contribution in [3.8, 4) is 0 Å². The van der Waals surface area contributed by atoms with Crippen molar-refractivity contribution in [3.63, 3.8) is 0 Å². The molecule has 104 valence electrons. The average molecular weight is 264 g/mol. The number of benzene rings is 1. The van der Waals surface area contributed by atoms with E-state index in [4.69, 9.17) is 0 Å². The molecule has 0 heterocycles. The predicted octanol–water partition coefficient (Wildman–Crippen LogP) is 1.80. The van der Waals surface area contributed by atoms with Gasteiger partial charge in [-0.15, -0.1) is 0 Å². The summed E-state index contributed by atoms with van der Waals surface area (Å²) in [5.74, 6) is -0.368. The van der Waals surface area contributed by atoms with Gasteiger partial charge in [-0.25, -0.2) is 4.79 Å². The van der Waals surface area contributed by atoms with Crippen LogP contribution >= 0.6 is 0 Å². The lowest BCUT2D eigenvalue weighted by molar-refractivity contribution is -0.121. The van der Waals surface area contributed by atoms with Crippen molar-refractivity contribution in [2.24, 2.45) is 0 Å². The van der Waals surface area contributed by atoms with Gasteiger partial charge >= 0.3 is 5.97 Å². The van der Waals surface area contributed by atoms with Crippen molar-refractivity contribution in [1.82, 2.24) is 5.32 Å². The molecule has 0 saturated heterocycles. The number of hydrogen-bond acceptors (Lipinski definition) is 4. The molecule has 0 saturated carbocycles. The van der Waals surface area contributed by atoms with E-state index in [9.17, 15) is 9.59 Å². The summed E-state index contributed by atoms with van der Waals surface area (Å²) in [6.45, 7) is 4.36. The first-order valence-corrected chi connectivity index (χ1v) is 6.24. The van der Waals surface area contributed by atoms with Crippen LogP contribution in [0.15, 0.2) is 24.3 Å². The van der Waals surface area contributed by atoms with Gasteiger partial charge in [-0.1, -0.05) is 6.07 Å². The standard InChI is InChI=1S/C14H20N2O3/c1-10(2)16-13(17)7-8-15-12-6-4-5-11(9-12)14(18)19-3/h4-6,9-10,15H,7-8H2,1-3H3,(H,16,17). The molecule has 1 rings (SSSR count). The van der Waals surface area contributed by atoms with Gasteiger partial charge in [-0.2, -0.15) is 0 Å². The van der Waals surface area contributed by atoms with E-state index in [1.165, 1.54) is 7.11 Å². The molecule has 19 heavy (non-hydrogen) atoms. The van der Waals surface area contributed by atoms with Gasteiger partial charge < -0.3 is 15.4 Å². The Hall–Kier alpha value is -2.04. The van der Waals surface area contributed by atoms with E-state index in [2.05, 4.69) is 15.4 Å². The Labute approximate surface area is 113 Å². The molecule has 0 atom stereocenters. The number of amides is 1. The zero-order valence-electron chi connectivity index (χ0n) is 11.5. The quantitative estimate of drug-likeness (QED) is 0.769. The van der Waals surface area contributed by atoms with Crippen LogP contribution in [0.4, 0.5) is 5.69 Å². The number of esters is 1. The molecule has 0 radical (unpaired) electrons. The highest BCUT2D eigenvalue weighted by Crippen LogP contribution is 2.11. The maximum Gasteiger partial charge on any atom is 0.337 e. The third-order valence-electron chi connectivity index (χ3n) is 2.41. The molecule has 0 aliphatic carbocycles. The summed E-state index contributed by atoms with van der Waals surface area (Å²) >= 11 is 0. The zero-order chi connectivity index (χ0) is 14.3. The first kappa shape index (κ1) is 15.0. The van der Waals surface area contributed by atoms with E-state index in [-0.39, 0.29) is 17.9 Å². The number of nitrogens with one attached hydrogen (secondary N) is 2. The molecule has 5 nitrogen and oxygen atoms in total. The number of ether oxygens (including phenoxy) is 1. The van der Waals surface area contributed by atoms with Crippen molar-refractivity contribution >= 4 is 17.6 Å². The number of anilines is 1. The van der Waals surface area contributed by atoms with Crippen LogP contribution in [0.25, 0.3) is 0 Å². The Kier molecular flexibility index (Phi) is 5.85. The van der Waals surface area contributed by atoms with Crippen LogP contribution in [0.5, 0.6) is 0 Å². The highest BCUT2D eigenvalue weighted by molar-refractivity contribution is 5.90. The van der Waals surface area contributed by atoms with Crippen LogP contribution in [0, 0.1) is 0 Å². The topological polar surface area (TPSA) is 67.4 Å². The summed E-state index contributed by atoms with van der Waals surface area (Å²) in [6.07, 6.45) is 0.390. The van der Waals surface area contributed by atoms with Crippen LogP contribution in [0.3, 0.4) is 0 Å². The van der Waals surface area contributed by atoms with Crippen molar-refractivity contribution in [2.45, 2.75) is 26.3 Å². The maximum absolute atomic E-state index is 11.4. The van der Waals surface area contributed by atoms with Crippen LogP contribution in [0.1, 0.15) is 30.6 Å². The summed E-state index contributed by atoms with van der Waals surface area (Å²) in [5, 5.41) is 5.91. The monoisotopic (exact) mass is 264 g/mol. The van der Waals surface area contributed by atoms with Crippen LogP contribution in [0.2, 0.25) is 0 Å². The van der Waals surface area contributed by atoms with E-state index in [1.807, 2.05) is 19.9 Å². The second kappa shape index (κ2) is 7.41. The van der Waals surface area contributed by atoms with Gasteiger partial charge in [0, 0.05) is 24.7 Å². The minimum absolute atomic E-state index is 0.00613. The van der Waals surface area contributed by atoms with Crippen LogP contribution in [-0.4, -0.2) is 31.6 Å². The lowest BCUT2D eigenvalue weighted by Crippen LogP contribution is -2.31. The van der Waals surface area contributed by atoms with E-state index >= 15 is 0 Å². The van der Waals surface area contributed by atoms with Gasteiger partial charge in [0.15, 0.2) is 0 Å². The number of hydrogen-bond donors (Lipinski definition) is 2. The fourth-order valence-corrected chi connectivity index (χ4v) is 1.59. The number of carbonyl (C=O) groups is 2. The SMILES string of the molecule is COC(=O)c1cccc(NCCC(=O)NC(C)C)c1. The Morgan fingerprint density at radius 3 is 2.68 bits per heavy atom. The highest BCUT2D eigenvalue weighted by atomic mass is 16.5. The normalized spacial score (nSPS) is 10.1. The smallest absolute Gasteiger partial charge is 0.337 e. The molecule has 1 amide bonds. The molecular weight excluding hydrogens is 244 g/mol. The molecule has 0 aliphatic rings. The maximum atomic E-state index is 11.4. The first-order chi connectivity index (χ1) is 9.02.